The van der Waals surface area contributed by atoms with Crippen LogP contribution in [0.3, 0.4) is 0 Å². The van der Waals surface area contributed by atoms with Crippen LogP contribution in [0, 0.1) is 0 Å². The number of imidazole rings is 1. The Bertz CT molecular complexity index is 1150. The second-order valence-electron chi connectivity index (χ2n) is 8.12. The Kier molecular flexibility index (Phi) is 7.47. The summed E-state index contributed by atoms with van der Waals surface area (Å²) >= 11 is 1.12. The van der Waals surface area contributed by atoms with E-state index in [1.807, 2.05) is 26.0 Å². The number of carbonyl (C=O) groups excluding carboxylic acids is 2. The molecule has 11 heteroatoms. The number of carbonyl (C=O) groups is 2. The third-order valence-electron chi connectivity index (χ3n) is 5.41. The van der Waals surface area contributed by atoms with Crippen LogP contribution in [0.4, 0.5) is 18.2 Å². The standard InChI is InChI=1S/C23H25F3N4O3S/c1-14(2)15-4-6-16(7-5-15)18(31)29-20-17(8-13-34-20)19(32)27-10-9-22(33,23(24,25)26)21-28-11-12-30(21)3/h4-8,11-14,33H,9-10H2,1-3H3,(H,27,32)(H,29,31). The number of aliphatic hydroxyl groups is 1. The number of nitrogens with one attached hydrogen (secondary N) is 2. The lowest BCUT2D eigenvalue weighted by molar-refractivity contribution is -0.272. The van der Waals surface area contributed by atoms with E-state index in [9.17, 15) is 27.9 Å². The van der Waals surface area contributed by atoms with E-state index in [4.69, 9.17) is 0 Å². The highest BCUT2D eigenvalue weighted by Crippen LogP contribution is 2.40. The van der Waals surface area contributed by atoms with Gasteiger partial charge in [0.25, 0.3) is 11.8 Å². The maximum Gasteiger partial charge on any atom is 0.424 e. The summed E-state index contributed by atoms with van der Waals surface area (Å²) < 4.78 is 41.9. The first-order valence-corrected chi connectivity index (χ1v) is 11.4. The van der Waals surface area contributed by atoms with Gasteiger partial charge in [-0.15, -0.1) is 11.3 Å². The van der Waals surface area contributed by atoms with Crippen LogP contribution >= 0.6 is 11.3 Å². The molecule has 3 rings (SSSR count). The zero-order valence-corrected chi connectivity index (χ0v) is 19.6. The van der Waals surface area contributed by atoms with Gasteiger partial charge in [0.15, 0.2) is 0 Å². The highest BCUT2D eigenvalue weighted by molar-refractivity contribution is 7.14. The van der Waals surface area contributed by atoms with Crippen LogP contribution in [0.25, 0.3) is 0 Å². The molecule has 34 heavy (non-hydrogen) atoms. The molecule has 0 radical (unpaired) electrons. The van der Waals surface area contributed by atoms with Gasteiger partial charge in [0.2, 0.25) is 5.60 Å². The third kappa shape index (κ3) is 5.31. The van der Waals surface area contributed by atoms with Gasteiger partial charge in [-0.3, -0.25) is 9.59 Å². The van der Waals surface area contributed by atoms with Gasteiger partial charge in [-0.1, -0.05) is 26.0 Å². The molecule has 0 aliphatic carbocycles. The number of hydrogen-bond acceptors (Lipinski definition) is 5. The number of nitrogens with zero attached hydrogens (tertiary/aromatic N) is 2. The van der Waals surface area contributed by atoms with Crippen molar-refractivity contribution in [1.29, 1.82) is 0 Å². The molecule has 3 N–H and O–H groups in total. The van der Waals surface area contributed by atoms with Gasteiger partial charge in [-0.05, 0) is 35.1 Å². The molecular weight excluding hydrogens is 469 g/mol. The Labute approximate surface area is 198 Å². The topological polar surface area (TPSA) is 96.2 Å². The number of aromatic nitrogens is 2. The minimum Gasteiger partial charge on any atom is -0.374 e. The van der Waals surface area contributed by atoms with Crippen LogP contribution in [0.15, 0.2) is 48.1 Å². The molecule has 1 unspecified atom stereocenters. The van der Waals surface area contributed by atoms with Crippen LogP contribution in [-0.2, 0) is 12.6 Å². The molecular formula is C23H25F3N4O3S. The van der Waals surface area contributed by atoms with Crippen LogP contribution < -0.4 is 10.6 Å². The second kappa shape index (κ2) is 9.98. The Hall–Kier alpha value is -3.18. The monoisotopic (exact) mass is 494 g/mol. The number of rotatable bonds is 8. The number of amides is 2. The quantitative estimate of drug-likeness (QED) is 0.432. The minimum atomic E-state index is -5.00. The number of alkyl halides is 3. The van der Waals surface area contributed by atoms with E-state index in [1.165, 1.54) is 19.3 Å². The van der Waals surface area contributed by atoms with Crippen molar-refractivity contribution in [2.24, 2.45) is 7.05 Å². The lowest BCUT2D eigenvalue weighted by Crippen LogP contribution is -2.46. The summed E-state index contributed by atoms with van der Waals surface area (Å²) in [7, 11) is 1.34. The molecule has 3 aromatic rings. The Morgan fingerprint density at radius 2 is 1.82 bits per heavy atom. The number of aryl methyl sites for hydroxylation is 1. The van der Waals surface area contributed by atoms with Crippen LogP contribution in [-0.4, -0.2) is 39.2 Å². The molecule has 0 aliphatic heterocycles. The van der Waals surface area contributed by atoms with Crippen molar-refractivity contribution in [2.45, 2.75) is 38.0 Å². The van der Waals surface area contributed by atoms with E-state index < -0.39 is 42.4 Å². The molecule has 0 aliphatic rings. The van der Waals surface area contributed by atoms with Gasteiger partial charge in [0.05, 0.1) is 5.56 Å². The lowest BCUT2D eigenvalue weighted by Gasteiger charge is -2.30. The van der Waals surface area contributed by atoms with Gasteiger partial charge in [-0.25, -0.2) is 4.98 Å². The summed E-state index contributed by atoms with van der Waals surface area (Å²) in [5.74, 6) is -1.33. The first-order valence-electron chi connectivity index (χ1n) is 10.5. The maximum absolute atomic E-state index is 13.6. The predicted molar refractivity (Wildman–Crippen MR) is 123 cm³/mol. The maximum atomic E-state index is 13.6. The summed E-state index contributed by atoms with van der Waals surface area (Å²) in [6.07, 6.45) is -3.38. The van der Waals surface area contributed by atoms with Crippen molar-refractivity contribution < 1.29 is 27.9 Å². The number of anilines is 1. The Balaban J connectivity index is 1.66. The van der Waals surface area contributed by atoms with Gasteiger partial charge in [0.1, 0.15) is 10.8 Å². The average molecular weight is 495 g/mol. The van der Waals surface area contributed by atoms with Crippen LogP contribution in [0.2, 0.25) is 0 Å². The van der Waals surface area contributed by atoms with Crippen molar-refractivity contribution >= 4 is 28.2 Å². The van der Waals surface area contributed by atoms with Gasteiger partial charge in [-0.2, -0.15) is 13.2 Å². The fraction of sp³-hybridized carbons (Fsp3) is 0.348. The normalized spacial score (nSPS) is 13.5. The molecule has 7 nitrogen and oxygen atoms in total. The van der Waals surface area contributed by atoms with E-state index in [0.29, 0.717) is 11.5 Å². The number of benzene rings is 1. The van der Waals surface area contributed by atoms with E-state index in [-0.39, 0.29) is 10.6 Å². The molecule has 0 saturated heterocycles. The van der Waals surface area contributed by atoms with E-state index in [1.54, 1.807) is 17.5 Å². The summed E-state index contributed by atoms with van der Waals surface area (Å²) in [4.78, 5) is 28.8. The number of halogens is 3. The molecule has 2 aromatic heterocycles. The van der Waals surface area contributed by atoms with Crippen LogP contribution in [0.5, 0.6) is 0 Å². The fourth-order valence-electron chi connectivity index (χ4n) is 3.38. The van der Waals surface area contributed by atoms with Gasteiger partial charge >= 0.3 is 6.18 Å². The van der Waals surface area contributed by atoms with Crippen LogP contribution in [0.1, 0.15) is 58.3 Å². The lowest BCUT2D eigenvalue weighted by atomic mass is 9.97. The van der Waals surface area contributed by atoms with Crippen molar-refractivity contribution in [2.75, 3.05) is 11.9 Å². The Morgan fingerprint density at radius 3 is 2.38 bits per heavy atom. The SMILES string of the molecule is CC(C)c1ccc(C(=O)Nc2sccc2C(=O)NCCC(O)(c2nccn2C)C(F)(F)F)cc1. The molecule has 0 fully saturated rings. The molecule has 182 valence electrons. The number of hydrogen-bond donors (Lipinski definition) is 3. The van der Waals surface area contributed by atoms with E-state index in [2.05, 4.69) is 15.6 Å². The highest BCUT2D eigenvalue weighted by atomic mass is 32.1. The Morgan fingerprint density at radius 1 is 1.15 bits per heavy atom. The fourth-order valence-corrected chi connectivity index (χ4v) is 4.16. The first-order chi connectivity index (χ1) is 15.9. The highest BCUT2D eigenvalue weighted by Gasteiger charge is 2.57. The molecule has 0 saturated carbocycles. The zero-order valence-electron chi connectivity index (χ0n) is 18.8. The van der Waals surface area contributed by atoms with E-state index in [0.717, 1.165) is 27.7 Å². The molecule has 0 bridgehead atoms. The zero-order chi connectivity index (χ0) is 25.1. The summed E-state index contributed by atoms with van der Waals surface area (Å²) in [5, 5.41) is 17.3. The average Bonchev–Trinajstić information content (AvgIpc) is 3.41. The van der Waals surface area contributed by atoms with Crippen molar-refractivity contribution in [1.82, 2.24) is 14.9 Å². The van der Waals surface area contributed by atoms with Gasteiger partial charge < -0.3 is 20.3 Å². The summed E-state index contributed by atoms with van der Waals surface area (Å²) in [6.45, 7) is 3.61. The number of thiophene rings is 1. The largest absolute Gasteiger partial charge is 0.424 e. The van der Waals surface area contributed by atoms with Gasteiger partial charge in [0, 0.05) is 38.0 Å². The van der Waals surface area contributed by atoms with Crippen molar-refractivity contribution in [3.05, 3.63) is 70.6 Å². The van der Waals surface area contributed by atoms with Crippen molar-refractivity contribution in [3.8, 4) is 0 Å². The van der Waals surface area contributed by atoms with Crippen molar-refractivity contribution in [3.63, 3.8) is 0 Å². The third-order valence-corrected chi connectivity index (χ3v) is 6.24. The smallest absolute Gasteiger partial charge is 0.374 e. The second-order valence-corrected chi connectivity index (χ2v) is 9.04. The van der Waals surface area contributed by atoms with E-state index >= 15 is 0 Å². The first kappa shape index (κ1) is 25.4. The molecule has 0 spiro atoms. The minimum absolute atomic E-state index is 0.115. The molecule has 1 aromatic carbocycles. The molecule has 1 atom stereocenters. The summed E-state index contributed by atoms with van der Waals surface area (Å²) in [5.41, 5.74) is -1.62. The predicted octanol–water partition coefficient (Wildman–Crippen LogP) is 4.43. The molecule has 2 amide bonds. The summed E-state index contributed by atoms with van der Waals surface area (Å²) in [6, 6.07) is 8.55. The molecule has 2 heterocycles.